The van der Waals surface area contributed by atoms with E-state index in [1.807, 2.05) is 6.92 Å². The molecule has 2 rings (SSSR count). The average Bonchev–Trinajstić information content (AvgIpc) is 2.66. The smallest absolute Gasteiger partial charge is 0.310 e. The second kappa shape index (κ2) is 11.3. The molecule has 1 atom stereocenters. The van der Waals surface area contributed by atoms with Crippen LogP contribution in [-0.2, 0) is 14.3 Å². The van der Waals surface area contributed by atoms with Gasteiger partial charge in [-0.2, -0.15) is 0 Å². The predicted molar refractivity (Wildman–Crippen MR) is 99.7 cm³/mol. The lowest BCUT2D eigenvalue weighted by molar-refractivity contribution is -0.149. The van der Waals surface area contributed by atoms with E-state index in [4.69, 9.17) is 9.47 Å². The third kappa shape index (κ3) is 6.84. The summed E-state index contributed by atoms with van der Waals surface area (Å²) in [5.74, 6) is 0.761. The molecule has 0 bridgehead atoms. The van der Waals surface area contributed by atoms with Gasteiger partial charge in [0.1, 0.15) is 0 Å². The predicted octanol–water partition coefficient (Wildman–Crippen LogP) is 2.58. The maximum atomic E-state index is 12.0. The molecule has 1 saturated heterocycles. The van der Waals surface area contributed by atoms with Gasteiger partial charge in [-0.25, -0.2) is 0 Å². The first-order valence-electron chi connectivity index (χ1n) is 9.98. The Labute approximate surface area is 152 Å². The SMILES string of the molecule is CCOC(=O)C1CCCN(C(=NC)NCCCOC2CCCCC2)C1. The van der Waals surface area contributed by atoms with E-state index < -0.39 is 0 Å². The summed E-state index contributed by atoms with van der Waals surface area (Å²) in [5, 5.41) is 3.41. The van der Waals surface area contributed by atoms with Crippen molar-refractivity contribution in [3.05, 3.63) is 0 Å². The lowest BCUT2D eigenvalue weighted by atomic mass is 9.98. The zero-order chi connectivity index (χ0) is 17.9. The van der Waals surface area contributed by atoms with E-state index in [0.717, 1.165) is 44.9 Å². The maximum absolute atomic E-state index is 12.0. The number of esters is 1. The lowest BCUT2D eigenvalue weighted by Gasteiger charge is -2.34. The van der Waals surface area contributed by atoms with Gasteiger partial charge in [0.2, 0.25) is 0 Å². The number of ether oxygens (including phenoxy) is 2. The minimum absolute atomic E-state index is 0.0399. The Hall–Kier alpha value is -1.30. The highest BCUT2D eigenvalue weighted by atomic mass is 16.5. The van der Waals surface area contributed by atoms with Crippen LogP contribution in [0.3, 0.4) is 0 Å². The van der Waals surface area contributed by atoms with Crippen molar-refractivity contribution in [2.75, 3.05) is 39.9 Å². The summed E-state index contributed by atoms with van der Waals surface area (Å²) in [7, 11) is 1.80. The highest BCUT2D eigenvalue weighted by molar-refractivity contribution is 5.81. The Morgan fingerprint density at radius 2 is 2.00 bits per heavy atom. The van der Waals surface area contributed by atoms with E-state index in [1.54, 1.807) is 7.05 Å². The molecule has 0 spiro atoms. The fourth-order valence-electron chi connectivity index (χ4n) is 3.71. The van der Waals surface area contributed by atoms with Gasteiger partial charge >= 0.3 is 5.97 Å². The van der Waals surface area contributed by atoms with Crippen molar-refractivity contribution in [3.8, 4) is 0 Å². The van der Waals surface area contributed by atoms with E-state index in [2.05, 4.69) is 15.2 Å². The molecular weight excluding hydrogens is 318 g/mol. The van der Waals surface area contributed by atoms with E-state index >= 15 is 0 Å². The number of guanidine groups is 1. The van der Waals surface area contributed by atoms with E-state index in [-0.39, 0.29) is 11.9 Å². The van der Waals surface area contributed by atoms with E-state index in [9.17, 15) is 4.79 Å². The van der Waals surface area contributed by atoms with Crippen molar-refractivity contribution < 1.29 is 14.3 Å². The van der Waals surface area contributed by atoms with Crippen LogP contribution in [0, 0.1) is 5.92 Å². The summed E-state index contributed by atoms with van der Waals surface area (Å²) in [6.45, 7) is 5.59. The molecule has 1 heterocycles. The number of carbonyl (C=O) groups is 1. The molecule has 0 amide bonds. The molecule has 0 radical (unpaired) electrons. The van der Waals surface area contributed by atoms with Gasteiger partial charge < -0.3 is 19.7 Å². The van der Waals surface area contributed by atoms with Crippen LogP contribution < -0.4 is 5.32 Å². The number of rotatable bonds is 7. The third-order valence-electron chi connectivity index (χ3n) is 5.06. The van der Waals surface area contributed by atoms with Gasteiger partial charge in [0.25, 0.3) is 0 Å². The van der Waals surface area contributed by atoms with Crippen molar-refractivity contribution in [2.24, 2.45) is 10.9 Å². The van der Waals surface area contributed by atoms with Gasteiger partial charge in [0, 0.05) is 33.3 Å². The standard InChI is InChI=1S/C19H35N3O3/c1-3-24-18(23)16-9-7-13-22(15-16)19(20-2)21-12-8-14-25-17-10-5-4-6-11-17/h16-17H,3-15H2,1-2H3,(H,20,21). The maximum Gasteiger partial charge on any atom is 0.310 e. The first-order chi connectivity index (χ1) is 12.2. The Morgan fingerprint density at radius 3 is 2.72 bits per heavy atom. The molecule has 2 fully saturated rings. The van der Waals surface area contributed by atoms with E-state index in [1.165, 1.54) is 32.1 Å². The zero-order valence-corrected chi connectivity index (χ0v) is 16.0. The molecule has 1 saturated carbocycles. The van der Waals surface area contributed by atoms with Crippen LogP contribution in [0.2, 0.25) is 0 Å². The van der Waals surface area contributed by atoms with Gasteiger partial charge in [-0.1, -0.05) is 19.3 Å². The Balaban J connectivity index is 1.66. The number of likely N-dealkylation sites (tertiary alicyclic amines) is 1. The van der Waals surface area contributed by atoms with Gasteiger partial charge in [0.05, 0.1) is 18.6 Å². The highest BCUT2D eigenvalue weighted by Gasteiger charge is 2.28. The van der Waals surface area contributed by atoms with Crippen LogP contribution in [0.15, 0.2) is 4.99 Å². The Morgan fingerprint density at radius 1 is 1.20 bits per heavy atom. The second-order valence-corrected chi connectivity index (χ2v) is 7.00. The summed E-state index contributed by atoms with van der Waals surface area (Å²) < 4.78 is 11.1. The first-order valence-corrected chi connectivity index (χ1v) is 9.98. The van der Waals surface area contributed by atoms with Crippen LogP contribution in [0.5, 0.6) is 0 Å². The van der Waals surface area contributed by atoms with Gasteiger partial charge in [-0.05, 0) is 39.0 Å². The average molecular weight is 354 g/mol. The number of hydrogen-bond donors (Lipinski definition) is 1. The number of nitrogens with one attached hydrogen (secondary N) is 1. The molecule has 0 aromatic carbocycles. The first kappa shape index (κ1) is 20.0. The topological polar surface area (TPSA) is 63.2 Å². The highest BCUT2D eigenvalue weighted by Crippen LogP contribution is 2.20. The lowest BCUT2D eigenvalue weighted by Crippen LogP contribution is -2.48. The van der Waals surface area contributed by atoms with Crippen LogP contribution in [-0.4, -0.2) is 62.8 Å². The number of carbonyl (C=O) groups excluding carboxylic acids is 1. The molecular formula is C19H35N3O3. The minimum Gasteiger partial charge on any atom is -0.466 e. The number of piperidine rings is 1. The van der Waals surface area contributed by atoms with Crippen molar-refractivity contribution >= 4 is 11.9 Å². The quantitative estimate of drug-likeness (QED) is 0.330. The van der Waals surface area contributed by atoms with Crippen molar-refractivity contribution in [1.29, 1.82) is 0 Å². The van der Waals surface area contributed by atoms with Crippen LogP contribution in [0.25, 0.3) is 0 Å². The number of hydrogen-bond acceptors (Lipinski definition) is 4. The van der Waals surface area contributed by atoms with Gasteiger partial charge in [-0.15, -0.1) is 0 Å². The molecule has 2 aliphatic rings. The van der Waals surface area contributed by atoms with Crippen LogP contribution in [0.4, 0.5) is 0 Å². The molecule has 144 valence electrons. The van der Waals surface area contributed by atoms with Gasteiger partial charge in [-0.3, -0.25) is 9.79 Å². The van der Waals surface area contributed by atoms with E-state index in [0.29, 0.717) is 19.3 Å². The van der Waals surface area contributed by atoms with Crippen LogP contribution >= 0.6 is 0 Å². The van der Waals surface area contributed by atoms with Crippen molar-refractivity contribution in [3.63, 3.8) is 0 Å². The fourth-order valence-corrected chi connectivity index (χ4v) is 3.71. The fraction of sp³-hybridized carbons (Fsp3) is 0.895. The third-order valence-corrected chi connectivity index (χ3v) is 5.06. The molecule has 0 aromatic rings. The minimum atomic E-state index is -0.0801. The molecule has 1 aliphatic carbocycles. The summed E-state index contributed by atoms with van der Waals surface area (Å²) in [5.41, 5.74) is 0. The molecule has 25 heavy (non-hydrogen) atoms. The molecule has 0 aromatic heterocycles. The molecule has 6 heteroatoms. The zero-order valence-electron chi connectivity index (χ0n) is 16.0. The number of nitrogens with zero attached hydrogens (tertiary/aromatic N) is 2. The summed E-state index contributed by atoms with van der Waals surface area (Å²) in [4.78, 5) is 18.5. The summed E-state index contributed by atoms with van der Waals surface area (Å²) in [6, 6.07) is 0. The Bertz CT molecular complexity index is 422. The molecule has 1 unspecified atom stereocenters. The second-order valence-electron chi connectivity index (χ2n) is 7.00. The van der Waals surface area contributed by atoms with Gasteiger partial charge in [0.15, 0.2) is 5.96 Å². The molecule has 1 N–H and O–H groups in total. The number of aliphatic imine (C=N–C) groups is 1. The van der Waals surface area contributed by atoms with Crippen molar-refractivity contribution in [1.82, 2.24) is 10.2 Å². The van der Waals surface area contributed by atoms with Crippen LogP contribution in [0.1, 0.15) is 58.3 Å². The monoisotopic (exact) mass is 353 g/mol. The normalized spacial score (nSPS) is 22.7. The largest absolute Gasteiger partial charge is 0.466 e. The molecule has 6 nitrogen and oxygen atoms in total. The molecule has 1 aliphatic heterocycles. The Kier molecular flexibility index (Phi) is 9.08. The van der Waals surface area contributed by atoms with Crippen molar-refractivity contribution in [2.45, 2.75) is 64.4 Å². The summed E-state index contributed by atoms with van der Waals surface area (Å²) in [6.07, 6.45) is 9.77. The summed E-state index contributed by atoms with van der Waals surface area (Å²) >= 11 is 0.